The Hall–Kier alpha value is -0.530. The molecule has 0 aromatic rings. The molecule has 0 spiro atoms. The zero-order chi connectivity index (χ0) is 7.64. The average molecular weight is 152 g/mol. The summed E-state index contributed by atoms with van der Waals surface area (Å²) in [6, 6.07) is 0. The van der Waals surface area contributed by atoms with E-state index in [9.17, 15) is 4.79 Å². The topological polar surface area (TPSA) is 26.3 Å². The molecule has 4 unspecified atom stereocenters. The average Bonchev–Trinajstić information content (AvgIpc) is 2.50. The number of carbonyl (C=O) groups excluding carboxylic acids is 1. The van der Waals surface area contributed by atoms with Crippen LogP contribution in [0.15, 0.2) is 0 Å². The van der Waals surface area contributed by atoms with Gasteiger partial charge >= 0.3 is 5.97 Å². The highest BCUT2D eigenvalue weighted by molar-refractivity contribution is 5.81. The van der Waals surface area contributed by atoms with Crippen LogP contribution < -0.4 is 0 Å². The van der Waals surface area contributed by atoms with Crippen molar-refractivity contribution in [3.8, 4) is 0 Å². The minimum atomic E-state index is -0.0648. The maximum absolute atomic E-state index is 11.4. The van der Waals surface area contributed by atoms with Crippen molar-refractivity contribution < 1.29 is 9.53 Å². The molecular weight excluding hydrogens is 140 g/mol. The predicted octanol–water partition coefficient (Wildman–Crippen LogP) is 1.35. The number of hydrogen-bond acceptors (Lipinski definition) is 2. The molecule has 0 amide bonds. The third-order valence-corrected chi connectivity index (χ3v) is 4.11. The maximum atomic E-state index is 11.4. The van der Waals surface area contributed by atoms with Crippen molar-refractivity contribution >= 4 is 5.97 Å². The standard InChI is InChI=1S/C9H12O2/c1-9-5-2-3-6(9)7(4-5)11-8(9)10/h5-7H,2-4H2,1H3. The Balaban J connectivity index is 2.14. The van der Waals surface area contributed by atoms with Gasteiger partial charge in [0.25, 0.3) is 0 Å². The van der Waals surface area contributed by atoms with Crippen LogP contribution in [0.5, 0.6) is 0 Å². The minimum Gasteiger partial charge on any atom is -0.462 e. The first-order valence-electron chi connectivity index (χ1n) is 4.44. The van der Waals surface area contributed by atoms with Gasteiger partial charge in [0, 0.05) is 5.92 Å². The third-order valence-electron chi connectivity index (χ3n) is 4.11. The highest BCUT2D eigenvalue weighted by Gasteiger charge is 2.67. The van der Waals surface area contributed by atoms with Crippen LogP contribution in [0.3, 0.4) is 0 Å². The molecule has 2 saturated carbocycles. The third kappa shape index (κ3) is 0.445. The molecule has 0 N–H and O–H groups in total. The highest BCUT2D eigenvalue weighted by atomic mass is 16.6. The summed E-state index contributed by atoms with van der Waals surface area (Å²) in [5.74, 6) is 1.31. The monoisotopic (exact) mass is 152 g/mol. The van der Waals surface area contributed by atoms with E-state index in [-0.39, 0.29) is 11.4 Å². The second-order valence-electron chi connectivity index (χ2n) is 4.34. The highest BCUT2D eigenvalue weighted by Crippen LogP contribution is 2.63. The van der Waals surface area contributed by atoms with Crippen LogP contribution in [-0.4, -0.2) is 12.1 Å². The quantitative estimate of drug-likeness (QED) is 0.490. The molecule has 2 nitrogen and oxygen atoms in total. The molecule has 60 valence electrons. The van der Waals surface area contributed by atoms with Crippen LogP contribution in [0.25, 0.3) is 0 Å². The normalized spacial score (nSPS) is 58.6. The molecule has 4 atom stereocenters. The van der Waals surface area contributed by atoms with E-state index in [1.807, 2.05) is 0 Å². The zero-order valence-electron chi connectivity index (χ0n) is 6.67. The van der Waals surface area contributed by atoms with E-state index < -0.39 is 0 Å². The van der Waals surface area contributed by atoms with Crippen LogP contribution in [0, 0.1) is 17.3 Å². The Kier molecular flexibility index (Phi) is 0.809. The van der Waals surface area contributed by atoms with Crippen molar-refractivity contribution in [2.24, 2.45) is 17.3 Å². The molecule has 0 aromatic heterocycles. The smallest absolute Gasteiger partial charge is 0.312 e. The van der Waals surface area contributed by atoms with Gasteiger partial charge in [-0.1, -0.05) is 0 Å². The van der Waals surface area contributed by atoms with Crippen LogP contribution in [0.2, 0.25) is 0 Å². The lowest BCUT2D eigenvalue weighted by molar-refractivity contribution is -0.155. The van der Waals surface area contributed by atoms with E-state index in [2.05, 4.69) is 6.92 Å². The number of hydrogen-bond donors (Lipinski definition) is 0. The van der Waals surface area contributed by atoms with E-state index in [0.29, 0.717) is 17.9 Å². The Morgan fingerprint density at radius 3 is 2.91 bits per heavy atom. The number of ether oxygens (including phenoxy) is 1. The van der Waals surface area contributed by atoms with Crippen molar-refractivity contribution in [2.75, 3.05) is 0 Å². The first kappa shape index (κ1) is 6.04. The fourth-order valence-electron chi connectivity index (χ4n) is 3.38. The first-order chi connectivity index (χ1) is 5.23. The fraction of sp³-hybridized carbons (Fsp3) is 0.889. The van der Waals surface area contributed by atoms with Gasteiger partial charge in [0.05, 0.1) is 5.41 Å². The Labute approximate surface area is 65.9 Å². The van der Waals surface area contributed by atoms with Crippen LogP contribution in [-0.2, 0) is 9.53 Å². The second kappa shape index (κ2) is 1.47. The predicted molar refractivity (Wildman–Crippen MR) is 38.8 cm³/mol. The lowest BCUT2D eigenvalue weighted by Gasteiger charge is -2.25. The molecule has 0 aromatic carbocycles. The van der Waals surface area contributed by atoms with Crippen molar-refractivity contribution in [1.82, 2.24) is 0 Å². The summed E-state index contributed by atoms with van der Waals surface area (Å²) in [4.78, 5) is 11.4. The molecule has 1 aliphatic heterocycles. The van der Waals surface area contributed by atoms with E-state index >= 15 is 0 Å². The lowest BCUT2D eigenvalue weighted by Crippen LogP contribution is -2.31. The SMILES string of the molecule is CC12C(=O)OC3CC1CCC32. The van der Waals surface area contributed by atoms with Crippen molar-refractivity contribution in [2.45, 2.75) is 32.3 Å². The number of rotatable bonds is 0. The zero-order valence-corrected chi connectivity index (χ0v) is 6.67. The van der Waals surface area contributed by atoms with E-state index in [1.54, 1.807) is 0 Å². The van der Waals surface area contributed by atoms with Crippen molar-refractivity contribution in [1.29, 1.82) is 0 Å². The Morgan fingerprint density at radius 1 is 1.55 bits per heavy atom. The fourth-order valence-corrected chi connectivity index (χ4v) is 3.38. The molecule has 11 heavy (non-hydrogen) atoms. The molecular formula is C9H12O2. The second-order valence-corrected chi connectivity index (χ2v) is 4.34. The van der Waals surface area contributed by atoms with Gasteiger partial charge < -0.3 is 4.74 Å². The molecule has 3 aliphatic rings. The van der Waals surface area contributed by atoms with Gasteiger partial charge in [-0.25, -0.2) is 0 Å². The number of esters is 1. The summed E-state index contributed by atoms with van der Waals surface area (Å²) in [5, 5.41) is 0. The van der Waals surface area contributed by atoms with Gasteiger partial charge in [-0.2, -0.15) is 0 Å². The lowest BCUT2D eigenvalue weighted by atomic mass is 9.81. The summed E-state index contributed by atoms with van der Waals surface area (Å²) in [5.41, 5.74) is -0.0648. The Morgan fingerprint density at radius 2 is 2.36 bits per heavy atom. The van der Waals surface area contributed by atoms with Crippen molar-refractivity contribution in [3.05, 3.63) is 0 Å². The van der Waals surface area contributed by atoms with E-state index in [4.69, 9.17) is 4.74 Å². The van der Waals surface area contributed by atoms with Gasteiger partial charge in [-0.05, 0) is 32.1 Å². The molecule has 3 rings (SSSR count). The summed E-state index contributed by atoms with van der Waals surface area (Å²) in [6.45, 7) is 2.10. The van der Waals surface area contributed by atoms with Crippen LogP contribution in [0.1, 0.15) is 26.2 Å². The Bertz CT molecular complexity index is 236. The van der Waals surface area contributed by atoms with Gasteiger partial charge in [0.15, 0.2) is 0 Å². The molecule has 1 heterocycles. The van der Waals surface area contributed by atoms with Gasteiger partial charge in [-0.3, -0.25) is 4.79 Å². The van der Waals surface area contributed by atoms with Gasteiger partial charge in [0.1, 0.15) is 6.10 Å². The molecule has 0 radical (unpaired) electrons. The number of carbonyl (C=O) groups is 1. The van der Waals surface area contributed by atoms with Gasteiger partial charge in [0.2, 0.25) is 0 Å². The van der Waals surface area contributed by atoms with Crippen LogP contribution >= 0.6 is 0 Å². The van der Waals surface area contributed by atoms with E-state index in [0.717, 1.165) is 6.42 Å². The molecule has 1 saturated heterocycles. The summed E-state index contributed by atoms with van der Waals surface area (Å²) in [7, 11) is 0. The van der Waals surface area contributed by atoms with E-state index in [1.165, 1.54) is 12.8 Å². The molecule has 2 heteroatoms. The van der Waals surface area contributed by atoms with Crippen molar-refractivity contribution in [3.63, 3.8) is 0 Å². The largest absolute Gasteiger partial charge is 0.462 e. The first-order valence-corrected chi connectivity index (χ1v) is 4.44. The maximum Gasteiger partial charge on any atom is 0.312 e. The summed E-state index contributed by atoms with van der Waals surface area (Å²) < 4.78 is 5.26. The van der Waals surface area contributed by atoms with Gasteiger partial charge in [-0.15, -0.1) is 0 Å². The minimum absolute atomic E-state index is 0.0648. The van der Waals surface area contributed by atoms with Crippen LogP contribution in [0.4, 0.5) is 0 Å². The summed E-state index contributed by atoms with van der Waals surface area (Å²) in [6.07, 6.45) is 3.92. The molecule has 3 fully saturated rings. The summed E-state index contributed by atoms with van der Waals surface area (Å²) >= 11 is 0. The molecule has 4 bridgehead atoms. The molecule has 2 aliphatic carbocycles.